The normalized spacial score (nSPS) is 18.0. The molecule has 0 radical (unpaired) electrons. The number of fused-ring (bicyclic) bond motifs is 1. The molecule has 4 rings (SSSR count). The number of rotatable bonds is 6. The number of benzene rings is 2. The van der Waals surface area contributed by atoms with Gasteiger partial charge >= 0.3 is 0 Å². The van der Waals surface area contributed by atoms with Crippen molar-refractivity contribution in [3.8, 4) is 5.75 Å². The van der Waals surface area contributed by atoms with Crippen molar-refractivity contribution < 1.29 is 17.9 Å². The highest BCUT2D eigenvalue weighted by Crippen LogP contribution is 2.27. The van der Waals surface area contributed by atoms with E-state index < -0.39 is 15.9 Å². The Morgan fingerprint density at radius 2 is 1.91 bits per heavy atom. The van der Waals surface area contributed by atoms with E-state index in [0.29, 0.717) is 23.5 Å². The fourth-order valence-electron chi connectivity index (χ4n) is 4.23. The SMILES string of the molecule is CCOc1ccc2c(c1)sc(=NC(=O)c1ccc(S(=O)(=O)N3CCCCC3CC)cc1)n2C. The van der Waals surface area contributed by atoms with Crippen molar-refractivity contribution >= 4 is 37.5 Å². The molecule has 2 aromatic carbocycles. The molecule has 3 aromatic rings. The van der Waals surface area contributed by atoms with Crippen LogP contribution in [0.15, 0.2) is 52.4 Å². The largest absolute Gasteiger partial charge is 0.494 e. The average molecular weight is 488 g/mol. The lowest BCUT2D eigenvalue weighted by atomic mass is 10.0. The first-order valence-corrected chi connectivity index (χ1v) is 13.5. The summed E-state index contributed by atoms with van der Waals surface area (Å²) < 4.78 is 36.3. The third-order valence-corrected chi connectivity index (χ3v) is 9.10. The first kappa shape index (κ1) is 23.7. The van der Waals surface area contributed by atoms with Gasteiger partial charge in [-0.05, 0) is 68.7 Å². The zero-order valence-electron chi connectivity index (χ0n) is 19.2. The number of carbonyl (C=O) groups is 1. The van der Waals surface area contributed by atoms with E-state index in [-0.39, 0.29) is 10.9 Å². The van der Waals surface area contributed by atoms with Crippen LogP contribution < -0.4 is 9.54 Å². The summed E-state index contributed by atoms with van der Waals surface area (Å²) in [5.41, 5.74) is 1.32. The number of ether oxygens (including phenoxy) is 1. The number of amides is 1. The fraction of sp³-hybridized carbons (Fsp3) is 0.417. The Bertz CT molecular complexity index is 1320. The van der Waals surface area contributed by atoms with Crippen molar-refractivity contribution in [3.63, 3.8) is 0 Å². The lowest BCUT2D eigenvalue weighted by Crippen LogP contribution is -2.43. The van der Waals surface area contributed by atoms with Gasteiger partial charge in [0.05, 0.1) is 21.7 Å². The molecule has 1 atom stereocenters. The monoisotopic (exact) mass is 487 g/mol. The maximum absolute atomic E-state index is 13.2. The van der Waals surface area contributed by atoms with Crippen LogP contribution in [0.4, 0.5) is 0 Å². The molecule has 0 saturated carbocycles. The number of hydrogen-bond acceptors (Lipinski definition) is 5. The molecule has 9 heteroatoms. The van der Waals surface area contributed by atoms with Crippen LogP contribution in [0.3, 0.4) is 0 Å². The van der Waals surface area contributed by atoms with Gasteiger partial charge in [0.15, 0.2) is 4.80 Å². The molecular weight excluding hydrogens is 458 g/mol. The van der Waals surface area contributed by atoms with Gasteiger partial charge in [-0.15, -0.1) is 0 Å². The Balaban J connectivity index is 1.60. The van der Waals surface area contributed by atoms with Crippen molar-refractivity contribution in [1.82, 2.24) is 8.87 Å². The summed E-state index contributed by atoms with van der Waals surface area (Å²) in [5.74, 6) is 0.371. The second-order valence-electron chi connectivity index (χ2n) is 8.12. The van der Waals surface area contributed by atoms with Gasteiger partial charge in [0.25, 0.3) is 5.91 Å². The van der Waals surface area contributed by atoms with Crippen LogP contribution >= 0.6 is 11.3 Å². The summed E-state index contributed by atoms with van der Waals surface area (Å²) in [6.45, 7) is 5.09. The number of piperidine rings is 1. The maximum Gasteiger partial charge on any atom is 0.279 e. The van der Waals surface area contributed by atoms with Crippen molar-refractivity contribution in [3.05, 3.63) is 52.8 Å². The molecule has 1 aromatic heterocycles. The van der Waals surface area contributed by atoms with Gasteiger partial charge in [-0.25, -0.2) is 8.42 Å². The number of hydrogen-bond donors (Lipinski definition) is 0. The van der Waals surface area contributed by atoms with Crippen LogP contribution in [0.2, 0.25) is 0 Å². The molecule has 0 bridgehead atoms. The molecule has 1 fully saturated rings. The number of carbonyl (C=O) groups excluding carboxylic acids is 1. The smallest absolute Gasteiger partial charge is 0.279 e. The molecule has 0 N–H and O–H groups in total. The van der Waals surface area contributed by atoms with Crippen molar-refractivity contribution in [2.24, 2.45) is 12.0 Å². The van der Waals surface area contributed by atoms with Crippen molar-refractivity contribution in [1.29, 1.82) is 0 Å². The van der Waals surface area contributed by atoms with E-state index in [1.54, 1.807) is 16.4 Å². The maximum atomic E-state index is 13.2. The average Bonchev–Trinajstić information content (AvgIpc) is 3.13. The van der Waals surface area contributed by atoms with E-state index in [4.69, 9.17) is 4.74 Å². The van der Waals surface area contributed by atoms with Gasteiger partial charge in [0, 0.05) is 25.2 Å². The second-order valence-corrected chi connectivity index (χ2v) is 11.0. The quantitative estimate of drug-likeness (QED) is 0.518. The Kier molecular flexibility index (Phi) is 7.02. The molecule has 2 heterocycles. The van der Waals surface area contributed by atoms with E-state index in [2.05, 4.69) is 4.99 Å². The third-order valence-electron chi connectivity index (χ3n) is 6.04. The van der Waals surface area contributed by atoms with E-state index >= 15 is 0 Å². The molecule has 1 aliphatic rings. The predicted octanol–water partition coefficient (Wildman–Crippen LogP) is 4.33. The van der Waals surface area contributed by atoms with Gasteiger partial charge in [-0.2, -0.15) is 9.30 Å². The predicted molar refractivity (Wildman–Crippen MR) is 130 cm³/mol. The van der Waals surface area contributed by atoms with Crippen molar-refractivity contribution in [2.75, 3.05) is 13.2 Å². The van der Waals surface area contributed by atoms with Crippen LogP contribution in [-0.2, 0) is 17.1 Å². The molecular formula is C24H29N3O4S2. The number of thiazole rings is 1. The topological polar surface area (TPSA) is 81.0 Å². The molecule has 0 aliphatic carbocycles. The first-order valence-electron chi connectivity index (χ1n) is 11.3. The minimum atomic E-state index is -3.58. The minimum absolute atomic E-state index is 0.0382. The van der Waals surface area contributed by atoms with Gasteiger partial charge in [-0.1, -0.05) is 24.7 Å². The number of aryl methyl sites for hydroxylation is 1. The van der Waals surface area contributed by atoms with Gasteiger partial charge in [-0.3, -0.25) is 4.79 Å². The summed E-state index contributed by atoms with van der Waals surface area (Å²) >= 11 is 1.41. The molecule has 7 nitrogen and oxygen atoms in total. The van der Waals surface area contributed by atoms with Crippen LogP contribution in [0.1, 0.15) is 49.9 Å². The molecule has 1 saturated heterocycles. The van der Waals surface area contributed by atoms with Crippen LogP contribution in [0, 0.1) is 0 Å². The fourth-order valence-corrected chi connectivity index (χ4v) is 7.04. The lowest BCUT2D eigenvalue weighted by molar-refractivity contribution is 0.0998. The van der Waals surface area contributed by atoms with Gasteiger partial charge in [0.1, 0.15) is 5.75 Å². The number of aromatic nitrogens is 1. The van der Waals surface area contributed by atoms with E-state index in [9.17, 15) is 13.2 Å². The van der Waals surface area contributed by atoms with Crippen molar-refractivity contribution in [2.45, 2.75) is 50.5 Å². The Morgan fingerprint density at radius 1 is 1.15 bits per heavy atom. The summed E-state index contributed by atoms with van der Waals surface area (Å²) in [4.78, 5) is 17.9. The molecule has 176 valence electrons. The van der Waals surface area contributed by atoms with E-state index in [1.807, 2.05) is 43.7 Å². The molecule has 33 heavy (non-hydrogen) atoms. The highest BCUT2D eigenvalue weighted by atomic mass is 32.2. The van der Waals surface area contributed by atoms with E-state index in [1.165, 1.54) is 23.5 Å². The summed E-state index contributed by atoms with van der Waals surface area (Å²) in [5, 5.41) is 0. The van der Waals surface area contributed by atoms with Crippen LogP contribution in [-0.4, -0.2) is 42.4 Å². The first-order chi connectivity index (χ1) is 15.8. The van der Waals surface area contributed by atoms with Crippen LogP contribution in [0.25, 0.3) is 10.2 Å². The second kappa shape index (κ2) is 9.79. The summed E-state index contributed by atoms with van der Waals surface area (Å²) in [6.07, 6.45) is 3.63. The Labute approximate surface area is 198 Å². The van der Waals surface area contributed by atoms with E-state index in [0.717, 1.165) is 41.6 Å². The zero-order valence-corrected chi connectivity index (χ0v) is 20.8. The van der Waals surface area contributed by atoms with Crippen LogP contribution in [0.5, 0.6) is 5.75 Å². The molecule has 1 aliphatic heterocycles. The highest BCUT2D eigenvalue weighted by molar-refractivity contribution is 7.89. The Hall–Kier alpha value is -2.49. The third kappa shape index (κ3) is 4.76. The standard InChI is InChI=1S/C24H29N3O4S2/c1-4-18-8-6-7-15-27(18)33(29,30)20-12-9-17(10-13-20)23(28)25-24-26(3)21-14-11-19(31-5-2)16-22(21)32-24/h9-14,16,18H,4-8,15H2,1-3H3. The highest BCUT2D eigenvalue weighted by Gasteiger charge is 2.32. The molecule has 1 unspecified atom stereocenters. The summed E-state index contributed by atoms with van der Waals surface area (Å²) in [7, 11) is -1.72. The van der Waals surface area contributed by atoms with Gasteiger partial charge < -0.3 is 9.30 Å². The molecule has 0 spiro atoms. The number of sulfonamides is 1. The number of nitrogens with zero attached hydrogens (tertiary/aromatic N) is 3. The molecule has 1 amide bonds. The minimum Gasteiger partial charge on any atom is -0.494 e. The summed E-state index contributed by atoms with van der Waals surface area (Å²) in [6, 6.07) is 11.9. The lowest BCUT2D eigenvalue weighted by Gasteiger charge is -2.34. The Morgan fingerprint density at radius 3 is 2.61 bits per heavy atom. The zero-order chi connectivity index (χ0) is 23.6. The van der Waals surface area contributed by atoms with Gasteiger partial charge in [0.2, 0.25) is 10.0 Å².